The number of halogens is 1. The van der Waals surface area contributed by atoms with Gasteiger partial charge in [-0.25, -0.2) is 0 Å². The number of ether oxygens (including phenoxy) is 1. The van der Waals surface area contributed by atoms with Gasteiger partial charge in [0.05, 0.1) is 7.11 Å². The maximum Gasteiger partial charge on any atom is 0.118 e. The fourth-order valence-electron chi connectivity index (χ4n) is 1.73. The molecule has 0 aromatic heterocycles. The lowest BCUT2D eigenvalue weighted by atomic mass is 10.1. The Balaban J connectivity index is 0.00000112. The first-order chi connectivity index (χ1) is 6.90. The van der Waals surface area contributed by atoms with Gasteiger partial charge < -0.3 is 15.4 Å². The fraction of sp³-hybridized carbons (Fsp3) is 0.455. The Hall–Kier alpha value is -0.770. The highest BCUT2D eigenvalue weighted by molar-refractivity contribution is 5.85. The van der Waals surface area contributed by atoms with E-state index in [4.69, 9.17) is 4.74 Å². The third-order valence-electron chi connectivity index (χ3n) is 2.56. The van der Waals surface area contributed by atoms with Crippen LogP contribution in [0, 0.1) is 0 Å². The highest BCUT2D eigenvalue weighted by Gasteiger charge is 2.13. The molecule has 0 saturated carbocycles. The molecule has 84 valence electrons. The SMILES string of the molecule is COc1ccc([C@H]2CNCCN2)cc1.Cl. The van der Waals surface area contributed by atoms with Crippen molar-refractivity contribution in [2.45, 2.75) is 6.04 Å². The third kappa shape index (κ3) is 3.09. The van der Waals surface area contributed by atoms with Crippen LogP contribution in [0.15, 0.2) is 24.3 Å². The fourth-order valence-corrected chi connectivity index (χ4v) is 1.73. The van der Waals surface area contributed by atoms with E-state index < -0.39 is 0 Å². The zero-order valence-electron chi connectivity index (χ0n) is 8.82. The molecular formula is C11H17ClN2O. The Bertz CT molecular complexity index is 283. The van der Waals surface area contributed by atoms with E-state index in [1.165, 1.54) is 5.56 Å². The first-order valence-corrected chi connectivity index (χ1v) is 4.98. The first kappa shape index (κ1) is 12.3. The summed E-state index contributed by atoms with van der Waals surface area (Å²) in [6, 6.07) is 8.68. The summed E-state index contributed by atoms with van der Waals surface area (Å²) < 4.78 is 5.12. The van der Waals surface area contributed by atoms with Crippen LogP contribution >= 0.6 is 12.4 Å². The topological polar surface area (TPSA) is 33.3 Å². The van der Waals surface area contributed by atoms with Crippen molar-refractivity contribution in [3.63, 3.8) is 0 Å². The van der Waals surface area contributed by atoms with Crippen LogP contribution in [-0.2, 0) is 0 Å². The largest absolute Gasteiger partial charge is 0.497 e. The van der Waals surface area contributed by atoms with Gasteiger partial charge in [0, 0.05) is 25.7 Å². The molecule has 0 bridgehead atoms. The lowest BCUT2D eigenvalue weighted by Gasteiger charge is -2.24. The third-order valence-corrected chi connectivity index (χ3v) is 2.56. The van der Waals surface area contributed by atoms with Gasteiger partial charge in [-0.3, -0.25) is 0 Å². The van der Waals surface area contributed by atoms with Crippen LogP contribution in [0.25, 0.3) is 0 Å². The van der Waals surface area contributed by atoms with Crippen molar-refractivity contribution in [3.05, 3.63) is 29.8 Å². The average Bonchev–Trinajstić information content (AvgIpc) is 2.30. The molecule has 1 saturated heterocycles. The van der Waals surface area contributed by atoms with Crippen molar-refractivity contribution in [1.82, 2.24) is 10.6 Å². The van der Waals surface area contributed by atoms with Gasteiger partial charge in [-0.2, -0.15) is 0 Å². The second kappa shape index (κ2) is 5.95. The molecule has 3 nitrogen and oxygen atoms in total. The van der Waals surface area contributed by atoms with Crippen LogP contribution in [-0.4, -0.2) is 26.7 Å². The minimum Gasteiger partial charge on any atom is -0.497 e. The Labute approximate surface area is 96.6 Å². The van der Waals surface area contributed by atoms with E-state index in [2.05, 4.69) is 22.8 Å². The van der Waals surface area contributed by atoms with Crippen molar-refractivity contribution in [1.29, 1.82) is 0 Å². The number of hydrogen-bond donors (Lipinski definition) is 2. The van der Waals surface area contributed by atoms with Crippen LogP contribution in [0.1, 0.15) is 11.6 Å². The zero-order chi connectivity index (χ0) is 9.80. The number of hydrogen-bond acceptors (Lipinski definition) is 3. The molecule has 0 spiro atoms. The molecule has 0 aliphatic carbocycles. The summed E-state index contributed by atoms with van der Waals surface area (Å²) in [6.45, 7) is 3.11. The van der Waals surface area contributed by atoms with E-state index >= 15 is 0 Å². The summed E-state index contributed by atoms with van der Waals surface area (Å²) >= 11 is 0. The van der Waals surface area contributed by atoms with Crippen molar-refractivity contribution in [2.75, 3.05) is 26.7 Å². The van der Waals surface area contributed by atoms with Gasteiger partial charge in [-0.1, -0.05) is 12.1 Å². The van der Waals surface area contributed by atoms with Gasteiger partial charge in [0.15, 0.2) is 0 Å². The molecule has 1 aliphatic rings. The van der Waals surface area contributed by atoms with Crippen molar-refractivity contribution in [3.8, 4) is 5.75 Å². The summed E-state index contributed by atoms with van der Waals surface area (Å²) in [4.78, 5) is 0. The van der Waals surface area contributed by atoms with Crippen molar-refractivity contribution < 1.29 is 4.74 Å². The number of benzene rings is 1. The molecule has 15 heavy (non-hydrogen) atoms. The zero-order valence-corrected chi connectivity index (χ0v) is 9.64. The molecule has 0 unspecified atom stereocenters. The Kier molecular flexibility index (Phi) is 4.88. The summed E-state index contributed by atoms with van der Waals surface area (Å²) in [7, 11) is 1.69. The van der Waals surface area contributed by atoms with E-state index in [0.29, 0.717) is 6.04 Å². The second-order valence-corrected chi connectivity index (χ2v) is 3.48. The lowest BCUT2D eigenvalue weighted by Crippen LogP contribution is -2.42. The lowest BCUT2D eigenvalue weighted by molar-refractivity contribution is 0.412. The van der Waals surface area contributed by atoms with Gasteiger partial charge in [0.1, 0.15) is 5.75 Å². The van der Waals surface area contributed by atoms with Crippen molar-refractivity contribution in [2.24, 2.45) is 0 Å². The normalized spacial score (nSPS) is 20.5. The predicted molar refractivity (Wildman–Crippen MR) is 63.9 cm³/mol. The molecule has 1 aromatic carbocycles. The van der Waals surface area contributed by atoms with Gasteiger partial charge in [0.25, 0.3) is 0 Å². The molecular weight excluding hydrogens is 212 g/mol. The Morgan fingerprint density at radius 1 is 1.20 bits per heavy atom. The van der Waals surface area contributed by atoms with Gasteiger partial charge >= 0.3 is 0 Å². The Morgan fingerprint density at radius 2 is 1.93 bits per heavy atom. The molecule has 0 amide bonds. The van der Waals surface area contributed by atoms with Gasteiger partial charge in [0.2, 0.25) is 0 Å². The highest BCUT2D eigenvalue weighted by Crippen LogP contribution is 2.17. The van der Waals surface area contributed by atoms with Crippen LogP contribution < -0.4 is 15.4 Å². The first-order valence-electron chi connectivity index (χ1n) is 4.98. The van der Waals surface area contributed by atoms with Crippen LogP contribution in [0.5, 0.6) is 5.75 Å². The number of piperazine rings is 1. The van der Waals surface area contributed by atoms with E-state index in [1.54, 1.807) is 7.11 Å². The maximum absolute atomic E-state index is 5.12. The van der Waals surface area contributed by atoms with Gasteiger partial charge in [-0.15, -0.1) is 12.4 Å². The molecule has 1 fully saturated rings. The van der Waals surface area contributed by atoms with E-state index in [9.17, 15) is 0 Å². The minimum absolute atomic E-state index is 0. The number of nitrogens with one attached hydrogen (secondary N) is 2. The summed E-state index contributed by atoms with van der Waals surface area (Å²) in [5, 5.41) is 6.84. The molecule has 1 aromatic rings. The van der Waals surface area contributed by atoms with Crippen molar-refractivity contribution >= 4 is 12.4 Å². The quantitative estimate of drug-likeness (QED) is 0.802. The average molecular weight is 229 g/mol. The molecule has 1 aliphatic heterocycles. The number of methoxy groups -OCH3 is 1. The molecule has 4 heteroatoms. The molecule has 0 radical (unpaired) electrons. The molecule has 1 atom stereocenters. The monoisotopic (exact) mass is 228 g/mol. The summed E-state index contributed by atoms with van der Waals surface area (Å²) in [6.07, 6.45) is 0. The highest BCUT2D eigenvalue weighted by atomic mass is 35.5. The van der Waals surface area contributed by atoms with E-state index in [-0.39, 0.29) is 12.4 Å². The predicted octanol–water partition coefficient (Wildman–Crippen LogP) is 1.35. The number of rotatable bonds is 2. The molecule has 2 rings (SSSR count). The summed E-state index contributed by atoms with van der Waals surface area (Å²) in [5.41, 5.74) is 1.32. The van der Waals surface area contributed by atoms with Gasteiger partial charge in [-0.05, 0) is 17.7 Å². The molecule has 1 heterocycles. The van der Waals surface area contributed by atoms with Crippen LogP contribution in [0.2, 0.25) is 0 Å². The summed E-state index contributed by atoms with van der Waals surface area (Å²) in [5.74, 6) is 0.914. The Morgan fingerprint density at radius 3 is 2.47 bits per heavy atom. The molecule has 2 N–H and O–H groups in total. The second-order valence-electron chi connectivity index (χ2n) is 3.48. The van der Waals surface area contributed by atoms with Crippen LogP contribution in [0.3, 0.4) is 0 Å². The maximum atomic E-state index is 5.12. The van der Waals surface area contributed by atoms with E-state index in [1.807, 2.05) is 12.1 Å². The van der Waals surface area contributed by atoms with E-state index in [0.717, 1.165) is 25.4 Å². The minimum atomic E-state index is 0. The smallest absolute Gasteiger partial charge is 0.118 e. The van der Waals surface area contributed by atoms with Crippen LogP contribution in [0.4, 0.5) is 0 Å². The standard InChI is InChI=1S/C11H16N2O.ClH/c1-14-10-4-2-9(3-5-10)11-8-12-6-7-13-11;/h2-5,11-13H,6-8H2,1H3;1H/t11-;/m1./s1.